The predicted molar refractivity (Wildman–Crippen MR) is 69.5 cm³/mol. The molecular weight excluding hydrogens is 323 g/mol. The third kappa shape index (κ3) is 4.10. The van der Waals surface area contributed by atoms with Crippen molar-refractivity contribution in [3.05, 3.63) is 24.3 Å². The molecule has 10 heteroatoms. The van der Waals surface area contributed by atoms with Gasteiger partial charge in [-0.1, -0.05) is 6.07 Å². The highest BCUT2D eigenvalue weighted by atomic mass is 19.4. The number of carbonyl (C=O) groups is 1. The first-order valence-corrected chi connectivity index (χ1v) is 6.49. The standard InChI is InChI=1S/C13H14F3NO6/c14-13(15,16)12(21)17-6-2-1-3-7(4-6)22-11-10(20)9(19)8(5-18)23-11/h1-4,8-11,18-20H,5H2,(H,17,21)/t8-,9-,10-,11-/m1/s1. The van der Waals surface area contributed by atoms with E-state index < -0.39 is 43.3 Å². The number of nitrogens with one attached hydrogen (secondary N) is 1. The maximum Gasteiger partial charge on any atom is 0.471 e. The zero-order chi connectivity index (χ0) is 17.2. The second-order valence-corrected chi connectivity index (χ2v) is 4.80. The van der Waals surface area contributed by atoms with Crippen molar-refractivity contribution in [2.45, 2.75) is 30.8 Å². The molecule has 1 amide bonds. The fraction of sp³-hybridized carbons (Fsp3) is 0.462. The highest BCUT2D eigenvalue weighted by Crippen LogP contribution is 2.26. The van der Waals surface area contributed by atoms with Gasteiger partial charge < -0.3 is 30.1 Å². The van der Waals surface area contributed by atoms with Crippen LogP contribution in [0, 0.1) is 0 Å². The lowest BCUT2D eigenvalue weighted by Gasteiger charge is -2.17. The van der Waals surface area contributed by atoms with Gasteiger partial charge >= 0.3 is 12.1 Å². The Morgan fingerprint density at radius 3 is 2.57 bits per heavy atom. The molecule has 23 heavy (non-hydrogen) atoms. The van der Waals surface area contributed by atoms with E-state index in [4.69, 9.17) is 14.6 Å². The molecule has 1 saturated heterocycles. The van der Waals surface area contributed by atoms with E-state index >= 15 is 0 Å². The Labute approximate surface area is 128 Å². The number of aliphatic hydroxyl groups excluding tert-OH is 3. The SMILES string of the molecule is O=C(Nc1cccc(O[C@@H]2O[C@H](CO)[C@@H](O)[C@H]2O)c1)C(F)(F)F. The van der Waals surface area contributed by atoms with Crippen molar-refractivity contribution in [3.63, 3.8) is 0 Å². The monoisotopic (exact) mass is 337 g/mol. The summed E-state index contributed by atoms with van der Waals surface area (Å²) in [6.07, 6.45) is -10.2. The lowest BCUT2D eigenvalue weighted by molar-refractivity contribution is -0.167. The van der Waals surface area contributed by atoms with Crippen LogP contribution in [0.2, 0.25) is 0 Å². The number of rotatable bonds is 4. The first kappa shape index (κ1) is 17.5. The largest absolute Gasteiger partial charge is 0.471 e. The van der Waals surface area contributed by atoms with Crippen LogP contribution in [0.1, 0.15) is 0 Å². The average Bonchev–Trinajstić information content (AvgIpc) is 2.74. The molecule has 1 aliphatic rings. The van der Waals surface area contributed by atoms with Crippen LogP contribution >= 0.6 is 0 Å². The van der Waals surface area contributed by atoms with Gasteiger partial charge in [-0.25, -0.2) is 0 Å². The highest BCUT2D eigenvalue weighted by Gasteiger charge is 2.44. The second-order valence-electron chi connectivity index (χ2n) is 4.80. The average molecular weight is 337 g/mol. The smallest absolute Gasteiger partial charge is 0.462 e. The van der Waals surface area contributed by atoms with Gasteiger partial charge in [0.15, 0.2) is 0 Å². The Bertz CT molecular complexity index is 567. The van der Waals surface area contributed by atoms with Crippen LogP contribution in [-0.4, -0.2) is 58.6 Å². The van der Waals surface area contributed by atoms with E-state index in [1.807, 2.05) is 0 Å². The van der Waals surface area contributed by atoms with Crippen LogP contribution in [0.15, 0.2) is 24.3 Å². The van der Waals surface area contributed by atoms with Crippen LogP contribution in [0.25, 0.3) is 0 Å². The number of alkyl halides is 3. The van der Waals surface area contributed by atoms with Crippen molar-refractivity contribution in [2.24, 2.45) is 0 Å². The molecule has 1 aromatic carbocycles. The van der Waals surface area contributed by atoms with E-state index in [1.54, 1.807) is 5.32 Å². The Morgan fingerprint density at radius 2 is 2.00 bits per heavy atom. The molecule has 1 heterocycles. The molecule has 0 aliphatic carbocycles. The molecule has 0 aromatic heterocycles. The van der Waals surface area contributed by atoms with Gasteiger partial charge in [0.25, 0.3) is 0 Å². The van der Waals surface area contributed by atoms with Crippen molar-refractivity contribution in [2.75, 3.05) is 11.9 Å². The summed E-state index contributed by atoms with van der Waals surface area (Å²) in [6.45, 7) is -0.542. The summed E-state index contributed by atoms with van der Waals surface area (Å²) in [5.41, 5.74) is -0.170. The van der Waals surface area contributed by atoms with Crippen LogP contribution in [0.4, 0.5) is 18.9 Å². The molecule has 7 nitrogen and oxygen atoms in total. The third-order valence-corrected chi connectivity index (χ3v) is 3.10. The lowest BCUT2D eigenvalue weighted by atomic mass is 10.1. The Balaban J connectivity index is 2.05. The predicted octanol–water partition coefficient (Wildman–Crippen LogP) is 0.00520. The number of ether oxygens (including phenoxy) is 2. The van der Waals surface area contributed by atoms with Crippen LogP contribution in [-0.2, 0) is 9.53 Å². The van der Waals surface area contributed by atoms with E-state index in [9.17, 15) is 28.2 Å². The van der Waals surface area contributed by atoms with E-state index in [1.165, 1.54) is 18.2 Å². The van der Waals surface area contributed by atoms with Gasteiger partial charge in [0.1, 0.15) is 24.1 Å². The summed E-state index contributed by atoms with van der Waals surface area (Å²) in [5.74, 6) is -2.14. The lowest BCUT2D eigenvalue weighted by Crippen LogP contribution is -2.35. The minimum atomic E-state index is -5.03. The quantitative estimate of drug-likeness (QED) is 0.616. The van der Waals surface area contributed by atoms with E-state index in [0.29, 0.717) is 0 Å². The molecule has 0 unspecified atom stereocenters. The summed E-state index contributed by atoms with van der Waals surface area (Å²) < 4.78 is 46.9. The summed E-state index contributed by atoms with van der Waals surface area (Å²) in [4.78, 5) is 10.9. The fourth-order valence-corrected chi connectivity index (χ4v) is 1.95. The Morgan fingerprint density at radius 1 is 1.30 bits per heavy atom. The van der Waals surface area contributed by atoms with Crippen molar-refractivity contribution in [3.8, 4) is 5.75 Å². The molecule has 0 bridgehead atoms. The van der Waals surface area contributed by atoms with Crippen molar-refractivity contribution >= 4 is 11.6 Å². The number of amides is 1. The topological polar surface area (TPSA) is 108 Å². The van der Waals surface area contributed by atoms with Gasteiger partial charge in [0, 0.05) is 11.8 Å². The minimum absolute atomic E-state index is 0.000172. The summed E-state index contributed by atoms with van der Waals surface area (Å²) in [6, 6.07) is 4.99. The Kier molecular flexibility index (Phi) is 5.09. The molecule has 0 spiro atoms. The molecule has 1 aromatic rings. The molecule has 4 N–H and O–H groups in total. The zero-order valence-corrected chi connectivity index (χ0v) is 11.5. The summed E-state index contributed by atoms with van der Waals surface area (Å²) in [7, 11) is 0. The summed E-state index contributed by atoms with van der Waals surface area (Å²) in [5, 5.41) is 29.9. The first-order valence-electron chi connectivity index (χ1n) is 6.49. The molecule has 0 saturated carbocycles. The molecule has 0 radical (unpaired) electrons. The molecule has 128 valence electrons. The molecule has 1 aliphatic heterocycles. The van der Waals surface area contributed by atoms with E-state index in [0.717, 1.165) is 6.07 Å². The van der Waals surface area contributed by atoms with Gasteiger partial charge in [-0.2, -0.15) is 13.2 Å². The zero-order valence-electron chi connectivity index (χ0n) is 11.5. The summed E-state index contributed by atoms with van der Waals surface area (Å²) >= 11 is 0. The van der Waals surface area contributed by atoms with Crippen molar-refractivity contribution in [1.29, 1.82) is 0 Å². The number of carbonyl (C=O) groups excluding carboxylic acids is 1. The van der Waals surface area contributed by atoms with Crippen molar-refractivity contribution in [1.82, 2.24) is 0 Å². The normalized spacial score (nSPS) is 27.7. The minimum Gasteiger partial charge on any atom is -0.462 e. The molecule has 1 fully saturated rings. The molecule has 4 atom stereocenters. The number of hydrogen-bond acceptors (Lipinski definition) is 6. The maximum atomic E-state index is 12.2. The number of benzene rings is 1. The third-order valence-electron chi connectivity index (χ3n) is 3.10. The van der Waals surface area contributed by atoms with Gasteiger partial charge in [-0.05, 0) is 12.1 Å². The van der Waals surface area contributed by atoms with E-state index in [2.05, 4.69) is 0 Å². The van der Waals surface area contributed by atoms with Crippen molar-refractivity contribution < 1.29 is 42.8 Å². The number of anilines is 1. The molecular formula is C13H14F3NO6. The van der Waals surface area contributed by atoms with Gasteiger partial charge in [-0.3, -0.25) is 4.79 Å². The first-order chi connectivity index (χ1) is 10.7. The van der Waals surface area contributed by atoms with Crippen LogP contribution in [0.3, 0.4) is 0 Å². The second kappa shape index (κ2) is 6.71. The van der Waals surface area contributed by atoms with Crippen LogP contribution in [0.5, 0.6) is 5.75 Å². The Hall–Kier alpha value is -1.88. The van der Waals surface area contributed by atoms with Crippen LogP contribution < -0.4 is 10.1 Å². The number of aliphatic hydroxyl groups is 3. The van der Waals surface area contributed by atoms with Gasteiger partial charge in [0.2, 0.25) is 6.29 Å². The fourth-order valence-electron chi connectivity index (χ4n) is 1.95. The van der Waals surface area contributed by atoms with Gasteiger partial charge in [-0.15, -0.1) is 0 Å². The maximum absolute atomic E-state index is 12.2. The number of halogens is 3. The van der Waals surface area contributed by atoms with E-state index in [-0.39, 0.29) is 11.4 Å². The molecule has 2 rings (SSSR count). The van der Waals surface area contributed by atoms with Gasteiger partial charge in [0.05, 0.1) is 6.61 Å². The highest BCUT2D eigenvalue weighted by molar-refractivity contribution is 5.95. The number of hydrogen-bond donors (Lipinski definition) is 4.